The van der Waals surface area contributed by atoms with Crippen LogP contribution in [0.4, 0.5) is 5.69 Å². The molecule has 34 heavy (non-hydrogen) atoms. The van der Waals surface area contributed by atoms with E-state index < -0.39 is 0 Å². The minimum absolute atomic E-state index is 0.116. The van der Waals surface area contributed by atoms with Crippen LogP contribution in [0.1, 0.15) is 11.7 Å². The molecule has 0 aliphatic carbocycles. The lowest BCUT2D eigenvalue weighted by atomic mass is 9.88. The van der Waals surface area contributed by atoms with Crippen LogP contribution >= 0.6 is 0 Å². The third kappa shape index (κ3) is 2.25. The number of aromatic nitrogens is 1. The molecule has 0 saturated carbocycles. The first-order valence-electron chi connectivity index (χ1n) is 11.4. The van der Waals surface area contributed by atoms with Crippen LogP contribution in [0.3, 0.4) is 0 Å². The van der Waals surface area contributed by atoms with E-state index in [1.807, 2.05) is 6.07 Å². The summed E-state index contributed by atoms with van der Waals surface area (Å²) in [7, 11) is 2.15. The van der Waals surface area contributed by atoms with E-state index in [0.717, 1.165) is 56.1 Å². The Morgan fingerprint density at radius 2 is 1.53 bits per heavy atom. The normalized spacial score (nSPS) is 17.3. The quantitative estimate of drug-likeness (QED) is 0.319. The molecule has 1 atom stereocenters. The Labute approximate surface area is 195 Å². The second kappa shape index (κ2) is 6.38. The van der Waals surface area contributed by atoms with Gasteiger partial charge in [-0.05, 0) is 52.7 Å². The molecular formula is C28H20N2O4. The molecule has 1 aromatic heterocycles. The van der Waals surface area contributed by atoms with Crippen molar-refractivity contribution in [2.24, 2.45) is 0 Å². The van der Waals surface area contributed by atoms with E-state index in [4.69, 9.17) is 18.9 Å². The summed E-state index contributed by atoms with van der Waals surface area (Å²) in [6, 6.07) is 23.3. The Balaban J connectivity index is 1.47. The van der Waals surface area contributed by atoms with Crippen molar-refractivity contribution in [3.8, 4) is 34.1 Å². The molecule has 6 heteroatoms. The second-order valence-corrected chi connectivity index (χ2v) is 8.92. The zero-order valence-corrected chi connectivity index (χ0v) is 18.4. The van der Waals surface area contributed by atoms with Crippen molar-refractivity contribution in [1.82, 2.24) is 4.57 Å². The SMILES string of the molecule is CN1c2c(ccc3cc4c(cc23)OCO4)-c2ccc3c(c2C1n1ccc2ccccc21)OCO3. The van der Waals surface area contributed by atoms with Crippen LogP contribution in [0.2, 0.25) is 0 Å². The van der Waals surface area contributed by atoms with Gasteiger partial charge in [0, 0.05) is 29.8 Å². The smallest absolute Gasteiger partial charge is 0.231 e. The van der Waals surface area contributed by atoms with Gasteiger partial charge in [-0.3, -0.25) is 0 Å². The average molecular weight is 448 g/mol. The minimum Gasteiger partial charge on any atom is -0.454 e. The Morgan fingerprint density at radius 1 is 0.735 bits per heavy atom. The predicted octanol–water partition coefficient (Wildman–Crippen LogP) is 5.92. The highest BCUT2D eigenvalue weighted by atomic mass is 16.7. The number of nitrogens with zero attached hydrogens (tertiary/aromatic N) is 2. The van der Waals surface area contributed by atoms with Gasteiger partial charge in [-0.2, -0.15) is 0 Å². The Kier molecular flexibility index (Phi) is 3.41. The van der Waals surface area contributed by atoms with Crippen LogP contribution in [-0.4, -0.2) is 25.2 Å². The van der Waals surface area contributed by atoms with Crippen molar-refractivity contribution in [1.29, 1.82) is 0 Å². The highest BCUT2D eigenvalue weighted by molar-refractivity contribution is 6.06. The molecule has 8 rings (SSSR count). The highest BCUT2D eigenvalue weighted by Crippen LogP contribution is 2.55. The van der Waals surface area contributed by atoms with E-state index in [-0.39, 0.29) is 19.8 Å². The van der Waals surface area contributed by atoms with Crippen LogP contribution < -0.4 is 23.8 Å². The maximum atomic E-state index is 6.05. The van der Waals surface area contributed by atoms with Gasteiger partial charge in [0.25, 0.3) is 0 Å². The summed E-state index contributed by atoms with van der Waals surface area (Å²) in [6.45, 7) is 0.497. The van der Waals surface area contributed by atoms with Crippen molar-refractivity contribution >= 4 is 27.4 Å². The first-order chi connectivity index (χ1) is 16.8. The van der Waals surface area contributed by atoms with Crippen molar-refractivity contribution in [2.75, 3.05) is 25.5 Å². The summed E-state index contributed by atoms with van der Waals surface area (Å²) < 4.78 is 25.5. The molecule has 5 aromatic rings. The van der Waals surface area contributed by atoms with Gasteiger partial charge in [-0.1, -0.05) is 30.3 Å². The maximum Gasteiger partial charge on any atom is 0.231 e. The summed E-state index contributed by atoms with van der Waals surface area (Å²) in [4.78, 5) is 2.34. The zero-order chi connectivity index (χ0) is 22.4. The maximum absolute atomic E-state index is 6.05. The van der Waals surface area contributed by atoms with E-state index in [1.54, 1.807) is 0 Å². The van der Waals surface area contributed by atoms with Crippen molar-refractivity contribution in [3.05, 3.63) is 78.5 Å². The van der Waals surface area contributed by atoms with Gasteiger partial charge >= 0.3 is 0 Å². The van der Waals surface area contributed by atoms with Gasteiger partial charge in [-0.15, -0.1) is 0 Å². The van der Waals surface area contributed by atoms with Gasteiger partial charge < -0.3 is 28.4 Å². The number of ether oxygens (including phenoxy) is 4. The molecule has 1 unspecified atom stereocenters. The summed E-state index contributed by atoms with van der Waals surface area (Å²) in [5.74, 6) is 3.20. The van der Waals surface area contributed by atoms with Crippen LogP contribution in [0, 0.1) is 0 Å². The Morgan fingerprint density at radius 3 is 2.47 bits per heavy atom. The fraction of sp³-hybridized carbons (Fsp3) is 0.143. The van der Waals surface area contributed by atoms with Gasteiger partial charge in [0.15, 0.2) is 23.0 Å². The molecule has 4 heterocycles. The third-order valence-electron chi connectivity index (χ3n) is 7.22. The number of fused-ring (bicyclic) bond motifs is 9. The predicted molar refractivity (Wildman–Crippen MR) is 130 cm³/mol. The molecule has 4 aromatic carbocycles. The standard InChI is InChI=1S/C28H20N2O4/c1-29-26-19(7-6-17-12-23-24(13-20(17)26)33-14-32-23)18-8-9-22-27(34-15-31-22)25(18)28(29)30-11-10-16-4-2-3-5-21(16)30/h2-13,28H,14-15H2,1H3. The van der Waals surface area contributed by atoms with Crippen LogP contribution in [0.25, 0.3) is 32.8 Å². The van der Waals surface area contributed by atoms with Crippen molar-refractivity contribution in [3.63, 3.8) is 0 Å². The monoisotopic (exact) mass is 448 g/mol. The molecule has 166 valence electrons. The molecule has 0 fully saturated rings. The van der Waals surface area contributed by atoms with E-state index in [1.165, 1.54) is 10.9 Å². The van der Waals surface area contributed by atoms with E-state index in [2.05, 4.69) is 83.4 Å². The molecule has 0 amide bonds. The summed E-state index contributed by atoms with van der Waals surface area (Å²) in [5, 5.41) is 3.46. The number of para-hydroxylation sites is 1. The van der Waals surface area contributed by atoms with E-state index in [0.29, 0.717) is 0 Å². The molecule has 3 aliphatic rings. The average Bonchev–Trinajstić information content (AvgIpc) is 3.61. The highest BCUT2D eigenvalue weighted by Gasteiger charge is 2.37. The number of rotatable bonds is 1. The number of anilines is 1. The molecule has 0 radical (unpaired) electrons. The molecular weight excluding hydrogens is 428 g/mol. The third-order valence-corrected chi connectivity index (χ3v) is 7.22. The summed E-state index contributed by atoms with van der Waals surface area (Å²) in [5.41, 5.74) is 5.76. The lowest BCUT2D eigenvalue weighted by Gasteiger charge is -2.40. The number of hydrogen-bond donors (Lipinski definition) is 0. The lowest BCUT2D eigenvalue weighted by molar-refractivity contribution is 0.172. The molecule has 0 saturated heterocycles. The van der Waals surface area contributed by atoms with Crippen LogP contribution in [0.5, 0.6) is 23.0 Å². The lowest BCUT2D eigenvalue weighted by Crippen LogP contribution is -2.33. The van der Waals surface area contributed by atoms with E-state index in [9.17, 15) is 0 Å². The Hall–Kier alpha value is -4.32. The van der Waals surface area contributed by atoms with Gasteiger partial charge in [0.2, 0.25) is 13.6 Å². The number of benzene rings is 4. The molecule has 0 bridgehead atoms. The number of hydrogen-bond acceptors (Lipinski definition) is 5. The molecule has 0 spiro atoms. The van der Waals surface area contributed by atoms with Gasteiger partial charge in [0.05, 0.1) is 11.2 Å². The van der Waals surface area contributed by atoms with Gasteiger partial charge in [-0.25, -0.2) is 0 Å². The topological polar surface area (TPSA) is 45.1 Å². The van der Waals surface area contributed by atoms with Crippen molar-refractivity contribution in [2.45, 2.75) is 6.17 Å². The molecule has 0 N–H and O–H groups in total. The minimum atomic E-state index is -0.116. The van der Waals surface area contributed by atoms with Crippen LogP contribution in [0.15, 0.2) is 72.9 Å². The zero-order valence-electron chi connectivity index (χ0n) is 18.4. The molecule has 3 aliphatic heterocycles. The molecule has 6 nitrogen and oxygen atoms in total. The van der Waals surface area contributed by atoms with Crippen molar-refractivity contribution < 1.29 is 18.9 Å². The Bertz CT molecular complexity index is 1650. The first kappa shape index (κ1) is 18.1. The largest absolute Gasteiger partial charge is 0.454 e. The fourth-order valence-corrected chi connectivity index (χ4v) is 5.74. The van der Waals surface area contributed by atoms with Gasteiger partial charge in [0.1, 0.15) is 6.17 Å². The fourth-order valence-electron chi connectivity index (χ4n) is 5.74. The summed E-state index contributed by atoms with van der Waals surface area (Å²) in [6.07, 6.45) is 2.05. The first-order valence-corrected chi connectivity index (χ1v) is 11.4. The van der Waals surface area contributed by atoms with E-state index >= 15 is 0 Å². The second-order valence-electron chi connectivity index (χ2n) is 8.92. The summed E-state index contributed by atoms with van der Waals surface area (Å²) >= 11 is 0. The van der Waals surface area contributed by atoms with Crippen LogP contribution in [-0.2, 0) is 0 Å².